The summed E-state index contributed by atoms with van der Waals surface area (Å²) in [6.07, 6.45) is 0. The first kappa shape index (κ1) is 15.6. The molecule has 0 spiro atoms. The molecule has 0 aliphatic carbocycles. The number of amides is 3. The van der Waals surface area contributed by atoms with Gasteiger partial charge < -0.3 is 9.73 Å². The lowest BCUT2D eigenvalue weighted by Gasteiger charge is -2.21. The molecule has 1 unspecified atom stereocenters. The van der Waals surface area contributed by atoms with E-state index in [0.717, 1.165) is 4.90 Å². The summed E-state index contributed by atoms with van der Waals surface area (Å²) in [5.41, 5.74) is -0.977. The molecule has 2 aromatic rings. The molecule has 1 atom stereocenters. The SMILES string of the molecule is Cc1nnc(CN2C(=O)NC(C)(c3ccc([N+](=O)[O-])cc3)C2=O)o1. The number of carbonyl (C=O) groups excluding carboxylic acids is 2. The first-order valence-electron chi connectivity index (χ1n) is 6.99. The molecule has 0 saturated carbocycles. The number of imide groups is 1. The second kappa shape index (κ2) is 5.41. The molecule has 3 amide bonds. The van der Waals surface area contributed by atoms with E-state index in [1.54, 1.807) is 6.92 Å². The highest BCUT2D eigenvalue weighted by Gasteiger charge is 2.49. The van der Waals surface area contributed by atoms with E-state index >= 15 is 0 Å². The van der Waals surface area contributed by atoms with Crippen LogP contribution >= 0.6 is 0 Å². The van der Waals surface area contributed by atoms with Gasteiger partial charge in [-0.3, -0.25) is 19.8 Å². The molecule has 1 aromatic carbocycles. The summed E-state index contributed by atoms with van der Waals surface area (Å²) in [5.74, 6) is -0.0312. The van der Waals surface area contributed by atoms with E-state index < -0.39 is 22.4 Å². The predicted molar refractivity (Wildman–Crippen MR) is 78.6 cm³/mol. The predicted octanol–water partition coefficient (Wildman–Crippen LogP) is 1.25. The van der Waals surface area contributed by atoms with Gasteiger partial charge in [0.2, 0.25) is 11.8 Å². The fraction of sp³-hybridized carbons (Fsp3) is 0.286. The quantitative estimate of drug-likeness (QED) is 0.506. The minimum Gasteiger partial charge on any atom is -0.424 e. The Kier molecular flexibility index (Phi) is 3.51. The van der Waals surface area contributed by atoms with E-state index in [1.165, 1.54) is 31.2 Å². The molecular formula is C14H13N5O5. The van der Waals surface area contributed by atoms with Crippen molar-refractivity contribution in [1.82, 2.24) is 20.4 Å². The molecule has 1 aromatic heterocycles. The molecule has 1 N–H and O–H groups in total. The molecule has 1 aliphatic heterocycles. The van der Waals surface area contributed by atoms with Crippen LogP contribution in [0.5, 0.6) is 0 Å². The molecule has 24 heavy (non-hydrogen) atoms. The fourth-order valence-electron chi connectivity index (χ4n) is 2.49. The van der Waals surface area contributed by atoms with Crippen molar-refractivity contribution in [3.8, 4) is 0 Å². The molecule has 0 bridgehead atoms. The third kappa shape index (κ3) is 2.47. The number of aryl methyl sites for hydroxylation is 1. The number of carbonyl (C=O) groups is 2. The normalized spacial score (nSPS) is 20.3. The van der Waals surface area contributed by atoms with Crippen molar-refractivity contribution in [1.29, 1.82) is 0 Å². The standard InChI is InChI=1S/C14H13N5O5/c1-8-16-17-11(24-8)7-18-12(20)14(2,15-13(18)21)9-3-5-10(6-4-9)19(22)23/h3-6H,7H2,1-2H3,(H,15,21). The van der Waals surface area contributed by atoms with Crippen LogP contribution in [-0.4, -0.2) is 32.0 Å². The molecule has 10 nitrogen and oxygen atoms in total. The van der Waals surface area contributed by atoms with Crippen LogP contribution in [0.1, 0.15) is 24.3 Å². The molecule has 3 rings (SSSR count). The van der Waals surface area contributed by atoms with Crippen molar-refractivity contribution in [3.05, 3.63) is 51.7 Å². The van der Waals surface area contributed by atoms with E-state index in [9.17, 15) is 19.7 Å². The van der Waals surface area contributed by atoms with Gasteiger partial charge in [-0.05, 0) is 24.6 Å². The Hall–Kier alpha value is -3.30. The molecule has 1 fully saturated rings. The Balaban J connectivity index is 1.87. The molecule has 1 aliphatic rings. The Bertz CT molecular complexity index is 830. The summed E-state index contributed by atoms with van der Waals surface area (Å²) in [6.45, 7) is 2.99. The molecular weight excluding hydrogens is 318 g/mol. The largest absolute Gasteiger partial charge is 0.424 e. The minimum absolute atomic E-state index is 0.0997. The van der Waals surface area contributed by atoms with Crippen molar-refractivity contribution in [2.24, 2.45) is 0 Å². The molecule has 1 saturated heterocycles. The number of hydrogen-bond donors (Lipinski definition) is 1. The second-order valence-electron chi connectivity index (χ2n) is 5.47. The van der Waals surface area contributed by atoms with E-state index in [4.69, 9.17) is 4.42 Å². The molecule has 124 valence electrons. The highest BCUT2D eigenvalue weighted by atomic mass is 16.6. The summed E-state index contributed by atoms with van der Waals surface area (Å²) >= 11 is 0. The maximum Gasteiger partial charge on any atom is 0.325 e. The summed E-state index contributed by atoms with van der Waals surface area (Å²) in [4.78, 5) is 36.0. The summed E-state index contributed by atoms with van der Waals surface area (Å²) in [5, 5.41) is 20.7. The summed E-state index contributed by atoms with van der Waals surface area (Å²) < 4.78 is 5.19. The van der Waals surface area contributed by atoms with Gasteiger partial charge in [-0.15, -0.1) is 10.2 Å². The topological polar surface area (TPSA) is 131 Å². The second-order valence-corrected chi connectivity index (χ2v) is 5.47. The Morgan fingerprint density at radius 3 is 2.50 bits per heavy atom. The smallest absolute Gasteiger partial charge is 0.325 e. The van der Waals surface area contributed by atoms with Crippen LogP contribution in [0.3, 0.4) is 0 Å². The highest BCUT2D eigenvalue weighted by molar-refractivity contribution is 6.07. The number of aromatic nitrogens is 2. The molecule has 10 heteroatoms. The number of rotatable bonds is 4. The van der Waals surface area contributed by atoms with Crippen LogP contribution in [0.15, 0.2) is 28.7 Å². The maximum atomic E-state index is 12.7. The van der Waals surface area contributed by atoms with Gasteiger partial charge in [0, 0.05) is 19.1 Å². The van der Waals surface area contributed by atoms with Gasteiger partial charge in [0.05, 0.1) is 4.92 Å². The van der Waals surface area contributed by atoms with Crippen molar-refractivity contribution in [2.45, 2.75) is 25.9 Å². The summed E-state index contributed by atoms with van der Waals surface area (Å²) in [6, 6.07) is 4.85. The van der Waals surface area contributed by atoms with Crippen molar-refractivity contribution in [3.63, 3.8) is 0 Å². The lowest BCUT2D eigenvalue weighted by Crippen LogP contribution is -2.40. The first-order valence-corrected chi connectivity index (χ1v) is 6.99. The van der Waals surface area contributed by atoms with Gasteiger partial charge in [0.1, 0.15) is 12.1 Å². The van der Waals surface area contributed by atoms with E-state index in [0.29, 0.717) is 11.5 Å². The highest BCUT2D eigenvalue weighted by Crippen LogP contribution is 2.30. The van der Waals surface area contributed by atoms with Crippen LogP contribution in [0, 0.1) is 17.0 Å². The van der Waals surface area contributed by atoms with Crippen LogP contribution in [0.25, 0.3) is 0 Å². The van der Waals surface area contributed by atoms with Gasteiger partial charge in [0.25, 0.3) is 11.6 Å². The average Bonchev–Trinajstić information content (AvgIpc) is 3.05. The number of non-ortho nitro benzene ring substituents is 1. The van der Waals surface area contributed by atoms with Crippen LogP contribution in [0.4, 0.5) is 10.5 Å². The zero-order valence-corrected chi connectivity index (χ0v) is 12.8. The zero-order valence-electron chi connectivity index (χ0n) is 12.8. The maximum absolute atomic E-state index is 12.7. The Labute approximate surface area is 135 Å². The number of urea groups is 1. The minimum atomic E-state index is -1.32. The van der Waals surface area contributed by atoms with Crippen molar-refractivity contribution in [2.75, 3.05) is 0 Å². The number of nitrogens with zero attached hydrogens (tertiary/aromatic N) is 4. The van der Waals surface area contributed by atoms with E-state index in [-0.39, 0.29) is 18.1 Å². The van der Waals surface area contributed by atoms with Gasteiger partial charge in [-0.2, -0.15) is 0 Å². The van der Waals surface area contributed by atoms with Gasteiger partial charge in [0.15, 0.2) is 0 Å². The third-order valence-corrected chi connectivity index (χ3v) is 3.79. The fourth-order valence-corrected chi connectivity index (χ4v) is 2.49. The van der Waals surface area contributed by atoms with Crippen LogP contribution < -0.4 is 5.32 Å². The Morgan fingerprint density at radius 2 is 1.96 bits per heavy atom. The van der Waals surface area contributed by atoms with E-state index in [1.807, 2.05) is 0 Å². The number of benzene rings is 1. The molecule has 0 radical (unpaired) electrons. The monoisotopic (exact) mass is 331 g/mol. The van der Waals surface area contributed by atoms with Crippen LogP contribution in [0.2, 0.25) is 0 Å². The number of hydrogen-bond acceptors (Lipinski definition) is 7. The summed E-state index contributed by atoms with van der Waals surface area (Å²) in [7, 11) is 0. The third-order valence-electron chi connectivity index (χ3n) is 3.79. The van der Waals surface area contributed by atoms with Crippen LogP contribution in [-0.2, 0) is 16.9 Å². The van der Waals surface area contributed by atoms with Gasteiger partial charge >= 0.3 is 6.03 Å². The lowest BCUT2D eigenvalue weighted by atomic mass is 9.92. The van der Waals surface area contributed by atoms with Gasteiger partial charge in [-0.25, -0.2) is 4.79 Å². The van der Waals surface area contributed by atoms with Crippen molar-refractivity contribution >= 4 is 17.6 Å². The van der Waals surface area contributed by atoms with Gasteiger partial charge in [-0.1, -0.05) is 0 Å². The van der Waals surface area contributed by atoms with E-state index in [2.05, 4.69) is 15.5 Å². The lowest BCUT2D eigenvalue weighted by molar-refractivity contribution is -0.384. The Morgan fingerprint density at radius 1 is 1.29 bits per heavy atom. The number of nitro groups is 1. The number of nitro benzene ring substituents is 1. The van der Waals surface area contributed by atoms with Crippen molar-refractivity contribution < 1.29 is 18.9 Å². The zero-order chi connectivity index (χ0) is 17.5. The number of nitrogens with one attached hydrogen (secondary N) is 1. The molecule has 2 heterocycles. The first-order chi connectivity index (χ1) is 11.3. The average molecular weight is 331 g/mol.